The minimum atomic E-state index is 0.0417. The van der Waals surface area contributed by atoms with Crippen molar-refractivity contribution in [3.8, 4) is 5.88 Å². The Kier molecular flexibility index (Phi) is 2.68. The minimum Gasteiger partial charge on any atom is -0.477 e. The Morgan fingerprint density at radius 2 is 2.36 bits per heavy atom. The summed E-state index contributed by atoms with van der Waals surface area (Å²) in [7, 11) is 0. The van der Waals surface area contributed by atoms with Crippen LogP contribution in [0.4, 0.5) is 0 Å². The molecule has 1 saturated carbocycles. The van der Waals surface area contributed by atoms with Crippen LogP contribution in [0.1, 0.15) is 31.4 Å². The summed E-state index contributed by atoms with van der Waals surface area (Å²) in [6, 6.07) is 3.90. The lowest BCUT2D eigenvalue weighted by molar-refractivity contribution is 0.288. The van der Waals surface area contributed by atoms with Gasteiger partial charge in [-0.25, -0.2) is 4.98 Å². The van der Waals surface area contributed by atoms with Crippen LogP contribution in [0, 0.1) is 5.92 Å². The van der Waals surface area contributed by atoms with Crippen LogP contribution < -0.4 is 10.5 Å². The van der Waals surface area contributed by atoms with E-state index in [9.17, 15) is 0 Å². The molecule has 1 aliphatic carbocycles. The first-order chi connectivity index (χ1) is 6.75. The summed E-state index contributed by atoms with van der Waals surface area (Å²) >= 11 is 0. The fourth-order valence-electron chi connectivity index (χ4n) is 1.23. The zero-order valence-corrected chi connectivity index (χ0v) is 8.44. The summed E-state index contributed by atoms with van der Waals surface area (Å²) in [6.45, 7) is 2.76. The van der Waals surface area contributed by atoms with E-state index in [1.165, 1.54) is 12.8 Å². The smallest absolute Gasteiger partial charge is 0.213 e. The van der Waals surface area contributed by atoms with Crippen molar-refractivity contribution in [2.24, 2.45) is 11.7 Å². The number of nitrogens with zero attached hydrogens (tertiary/aromatic N) is 1. The van der Waals surface area contributed by atoms with Crippen LogP contribution in [0.2, 0.25) is 0 Å². The highest BCUT2D eigenvalue weighted by atomic mass is 16.5. The quantitative estimate of drug-likeness (QED) is 0.792. The molecular formula is C11H16N2O. The van der Waals surface area contributed by atoms with Gasteiger partial charge < -0.3 is 10.5 Å². The van der Waals surface area contributed by atoms with Crippen LogP contribution in [-0.2, 0) is 0 Å². The number of hydrogen-bond acceptors (Lipinski definition) is 3. The van der Waals surface area contributed by atoms with Gasteiger partial charge >= 0.3 is 0 Å². The molecule has 3 nitrogen and oxygen atoms in total. The van der Waals surface area contributed by atoms with Gasteiger partial charge in [0.2, 0.25) is 5.88 Å². The van der Waals surface area contributed by atoms with Gasteiger partial charge in [-0.15, -0.1) is 0 Å². The fourth-order valence-corrected chi connectivity index (χ4v) is 1.23. The topological polar surface area (TPSA) is 48.1 Å². The van der Waals surface area contributed by atoms with Gasteiger partial charge in [-0.1, -0.05) is 6.07 Å². The molecule has 3 heteroatoms. The first-order valence-corrected chi connectivity index (χ1v) is 5.10. The third-order valence-corrected chi connectivity index (χ3v) is 2.45. The SMILES string of the molecule is C[C@H](N)c1ccc(OCC2CC2)nc1. The highest BCUT2D eigenvalue weighted by molar-refractivity contribution is 5.19. The number of pyridine rings is 1. The van der Waals surface area contributed by atoms with E-state index in [0.717, 1.165) is 18.1 Å². The van der Waals surface area contributed by atoms with Crippen molar-refractivity contribution < 1.29 is 4.74 Å². The zero-order chi connectivity index (χ0) is 9.97. The molecule has 0 saturated heterocycles. The molecule has 0 aromatic carbocycles. The Morgan fingerprint density at radius 3 is 2.86 bits per heavy atom. The molecule has 0 spiro atoms. The average molecular weight is 192 g/mol. The van der Waals surface area contributed by atoms with Gasteiger partial charge in [0.25, 0.3) is 0 Å². The maximum atomic E-state index is 5.72. The van der Waals surface area contributed by atoms with Gasteiger partial charge in [0.1, 0.15) is 0 Å². The third-order valence-electron chi connectivity index (χ3n) is 2.45. The standard InChI is InChI=1S/C11H16N2O/c1-8(12)10-4-5-11(13-6-10)14-7-9-2-3-9/h4-6,8-9H,2-3,7,12H2,1H3/t8-/m0/s1. The van der Waals surface area contributed by atoms with Crippen molar-refractivity contribution in [3.05, 3.63) is 23.9 Å². The molecule has 14 heavy (non-hydrogen) atoms. The highest BCUT2D eigenvalue weighted by Crippen LogP contribution is 2.29. The largest absolute Gasteiger partial charge is 0.477 e. The molecule has 1 atom stereocenters. The molecule has 2 rings (SSSR count). The van der Waals surface area contributed by atoms with E-state index in [4.69, 9.17) is 10.5 Å². The molecule has 0 bridgehead atoms. The van der Waals surface area contributed by atoms with E-state index in [1.807, 2.05) is 19.1 Å². The van der Waals surface area contributed by atoms with E-state index in [1.54, 1.807) is 6.20 Å². The van der Waals surface area contributed by atoms with Crippen LogP contribution in [0.5, 0.6) is 5.88 Å². The molecule has 0 radical (unpaired) electrons. The molecule has 1 aliphatic rings. The summed E-state index contributed by atoms with van der Waals surface area (Å²) in [5.41, 5.74) is 6.76. The van der Waals surface area contributed by atoms with Gasteiger partial charge in [-0.05, 0) is 31.2 Å². The van der Waals surface area contributed by atoms with Crippen LogP contribution in [-0.4, -0.2) is 11.6 Å². The number of nitrogens with two attached hydrogens (primary N) is 1. The number of rotatable bonds is 4. The van der Waals surface area contributed by atoms with E-state index >= 15 is 0 Å². The number of ether oxygens (including phenoxy) is 1. The summed E-state index contributed by atoms with van der Waals surface area (Å²) in [5.74, 6) is 1.48. The summed E-state index contributed by atoms with van der Waals surface area (Å²) in [5, 5.41) is 0. The molecule has 0 aliphatic heterocycles. The lowest BCUT2D eigenvalue weighted by Crippen LogP contribution is -2.06. The number of aromatic nitrogens is 1. The molecule has 1 heterocycles. The predicted octanol–water partition coefficient (Wildman–Crippen LogP) is 1.89. The van der Waals surface area contributed by atoms with Crippen LogP contribution in [0.3, 0.4) is 0 Å². The van der Waals surface area contributed by atoms with E-state index in [0.29, 0.717) is 5.88 Å². The molecule has 0 amide bonds. The molecule has 1 fully saturated rings. The van der Waals surface area contributed by atoms with Crippen molar-refractivity contribution in [1.29, 1.82) is 0 Å². The third kappa shape index (κ3) is 2.45. The van der Waals surface area contributed by atoms with Gasteiger partial charge in [-0.2, -0.15) is 0 Å². The monoisotopic (exact) mass is 192 g/mol. The Hall–Kier alpha value is -1.09. The normalized spacial score (nSPS) is 17.9. The Bertz CT molecular complexity index is 291. The summed E-state index contributed by atoms with van der Waals surface area (Å²) < 4.78 is 5.51. The zero-order valence-electron chi connectivity index (χ0n) is 8.44. The summed E-state index contributed by atoms with van der Waals surface area (Å²) in [4.78, 5) is 4.20. The minimum absolute atomic E-state index is 0.0417. The Morgan fingerprint density at radius 1 is 1.57 bits per heavy atom. The predicted molar refractivity (Wildman–Crippen MR) is 55.1 cm³/mol. The van der Waals surface area contributed by atoms with Crippen LogP contribution in [0.25, 0.3) is 0 Å². The molecule has 0 unspecified atom stereocenters. The van der Waals surface area contributed by atoms with Crippen molar-refractivity contribution in [2.75, 3.05) is 6.61 Å². The van der Waals surface area contributed by atoms with Crippen LogP contribution >= 0.6 is 0 Å². The molecule has 1 aromatic rings. The second-order valence-corrected chi connectivity index (χ2v) is 3.97. The average Bonchev–Trinajstić information content (AvgIpc) is 2.99. The van der Waals surface area contributed by atoms with Crippen molar-refractivity contribution in [1.82, 2.24) is 4.98 Å². The lowest BCUT2D eigenvalue weighted by atomic mass is 10.2. The lowest BCUT2D eigenvalue weighted by Gasteiger charge is -2.07. The highest BCUT2D eigenvalue weighted by Gasteiger charge is 2.21. The fraction of sp³-hybridized carbons (Fsp3) is 0.545. The molecule has 2 N–H and O–H groups in total. The second kappa shape index (κ2) is 3.96. The second-order valence-electron chi connectivity index (χ2n) is 3.97. The van der Waals surface area contributed by atoms with Crippen molar-refractivity contribution in [2.45, 2.75) is 25.8 Å². The van der Waals surface area contributed by atoms with E-state index < -0.39 is 0 Å². The molecule has 1 aromatic heterocycles. The Balaban J connectivity index is 1.91. The molecule has 76 valence electrons. The van der Waals surface area contributed by atoms with Crippen LogP contribution in [0.15, 0.2) is 18.3 Å². The summed E-state index contributed by atoms with van der Waals surface area (Å²) in [6.07, 6.45) is 4.39. The van der Waals surface area contributed by atoms with E-state index in [-0.39, 0.29) is 6.04 Å². The number of hydrogen-bond donors (Lipinski definition) is 1. The van der Waals surface area contributed by atoms with Crippen molar-refractivity contribution >= 4 is 0 Å². The van der Waals surface area contributed by atoms with Crippen molar-refractivity contribution in [3.63, 3.8) is 0 Å². The first-order valence-electron chi connectivity index (χ1n) is 5.10. The van der Waals surface area contributed by atoms with Gasteiger partial charge in [0.15, 0.2) is 0 Å². The Labute approximate surface area is 84.3 Å². The maximum absolute atomic E-state index is 5.72. The van der Waals surface area contributed by atoms with Gasteiger partial charge in [0, 0.05) is 18.3 Å². The van der Waals surface area contributed by atoms with Gasteiger partial charge in [-0.3, -0.25) is 0 Å². The van der Waals surface area contributed by atoms with E-state index in [2.05, 4.69) is 4.98 Å². The first kappa shape index (κ1) is 9.46. The molecular weight excluding hydrogens is 176 g/mol. The van der Waals surface area contributed by atoms with Gasteiger partial charge in [0.05, 0.1) is 6.61 Å². The maximum Gasteiger partial charge on any atom is 0.213 e.